The van der Waals surface area contributed by atoms with Crippen molar-refractivity contribution < 1.29 is 26.8 Å². The summed E-state index contributed by atoms with van der Waals surface area (Å²) in [6.45, 7) is 5.80. The van der Waals surface area contributed by atoms with Gasteiger partial charge >= 0.3 is 11.7 Å². The summed E-state index contributed by atoms with van der Waals surface area (Å²) < 4.78 is 45.5. The first kappa shape index (κ1) is 20.7. The van der Waals surface area contributed by atoms with Crippen molar-refractivity contribution in [2.24, 2.45) is 0 Å². The summed E-state index contributed by atoms with van der Waals surface area (Å²) in [6.07, 6.45) is 0. The Morgan fingerprint density at radius 3 is 2.58 bits per heavy atom. The largest absolute Gasteiger partial charge is 0.460 e. The van der Waals surface area contributed by atoms with Crippen LogP contribution in [0.3, 0.4) is 0 Å². The van der Waals surface area contributed by atoms with Crippen LogP contribution < -0.4 is 10.5 Å². The molecule has 2 heterocycles. The highest BCUT2D eigenvalue weighted by molar-refractivity contribution is 7.92. The highest BCUT2D eigenvalue weighted by Gasteiger charge is 2.22. The van der Waals surface area contributed by atoms with E-state index in [2.05, 4.69) is 4.72 Å². The topological polar surface area (TPSA) is 121 Å². The molecule has 9 nitrogen and oxygen atoms in total. The van der Waals surface area contributed by atoms with Gasteiger partial charge in [-0.3, -0.25) is 9.29 Å². The fourth-order valence-corrected chi connectivity index (χ4v) is 4.48. The van der Waals surface area contributed by atoms with Gasteiger partial charge in [-0.2, -0.15) is 0 Å². The number of anilines is 1. The van der Waals surface area contributed by atoms with Gasteiger partial charge in [-0.1, -0.05) is 0 Å². The van der Waals surface area contributed by atoms with E-state index in [0.29, 0.717) is 28.6 Å². The molecule has 2 aromatic heterocycles. The minimum absolute atomic E-state index is 0.00742. The summed E-state index contributed by atoms with van der Waals surface area (Å²) >= 11 is 0. The number of hydrogen-bond acceptors (Lipinski definition) is 7. The van der Waals surface area contributed by atoms with E-state index in [-0.39, 0.29) is 28.5 Å². The van der Waals surface area contributed by atoms with Crippen LogP contribution in [0.15, 0.2) is 54.9 Å². The normalized spacial score (nSPS) is 11.8. The number of benzene rings is 2. The maximum Gasteiger partial charge on any atom is 0.419 e. The Balaban J connectivity index is 1.70. The molecule has 10 heteroatoms. The Bertz CT molecular complexity index is 1470. The number of aryl methyl sites for hydroxylation is 2. The number of fused-ring (bicyclic) bond motifs is 2. The zero-order valence-corrected chi connectivity index (χ0v) is 17.9. The van der Waals surface area contributed by atoms with E-state index in [1.165, 1.54) is 28.8 Å². The van der Waals surface area contributed by atoms with Crippen LogP contribution in [0.1, 0.15) is 30.0 Å². The smallest absolute Gasteiger partial charge is 0.419 e. The van der Waals surface area contributed by atoms with Gasteiger partial charge in [0.15, 0.2) is 5.58 Å². The standard InChI is InChI=1S/C21H20N2O7S/c1-4-23-16-8-6-13(10-18(16)30-21(23)25)22-31(26,27)14-7-9-17-15(11-14)12(3)19(29-17)20(24)28-5-2/h6-11,22H,4-5H2,1-3H3. The molecule has 0 atom stereocenters. The number of oxazole rings is 1. The van der Waals surface area contributed by atoms with E-state index in [4.69, 9.17) is 13.6 Å². The number of rotatable bonds is 6. The van der Waals surface area contributed by atoms with Crippen molar-refractivity contribution in [3.8, 4) is 0 Å². The van der Waals surface area contributed by atoms with Crippen LogP contribution in [0.5, 0.6) is 0 Å². The number of hydrogen-bond donors (Lipinski definition) is 1. The number of aromatic nitrogens is 1. The quantitative estimate of drug-likeness (QED) is 0.451. The van der Waals surface area contributed by atoms with Crippen molar-refractivity contribution in [2.75, 3.05) is 11.3 Å². The third-order valence-electron chi connectivity index (χ3n) is 4.92. The lowest BCUT2D eigenvalue weighted by Gasteiger charge is -2.08. The Kier molecular flexibility index (Phi) is 5.10. The van der Waals surface area contributed by atoms with E-state index in [1.807, 2.05) is 6.92 Å². The minimum atomic E-state index is -3.95. The van der Waals surface area contributed by atoms with Gasteiger partial charge in [0.1, 0.15) is 5.58 Å². The molecular weight excluding hydrogens is 424 g/mol. The Hall–Kier alpha value is -3.53. The van der Waals surface area contributed by atoms with Crippen LogP contribution in [0.4, 0.5) is 5.69 Å². The summed E-state index contributed by atoms with van der Waals surface area (Å²) in [5.74, 6) is -1.07. The SMILES string of the molecule is CCOC(=O)c1oc2ccc(S(=O)(=O)Nc3ccc4c(c3)oc(=O)n4CC)cc2c1C. The maximum absolute atomic E-state index is 12.9. The molecule has 4 rings (SSSR count). The second-order valence-corrected chi connectivity index (χ2v) is 8.52. The van der Waals surface area contributed by atoms with Crippen molar-refractivity contribution in [1.82, 2.24) is 4.57 Å². The average Bonchev–Trinajstić information content (AvgIpc) is 3.23. The van der Waals surface area contributed by atoms with Crippen molar-refractivity contribution in [3.63, 3.8) is 0 Å². The Labute approximate surface area is 177 Å². The Morgan fingerprint density at radius 2 is 1.87 bits per heavy atom. The van der Waals surface area contributed by atoms with Gasteiger partial charge in [0.2, 0.25) is 5.76 Å². The summed E-state index contributed by atoms with van der Waals surface area (Å²) in [6, 6.07) is 8.95. The lowest BCUT2D eigenvalue weighted by molar-refractivity contribution is 0.0491. The fraction of sp³-hybridized carbons (Fsp3) is 0.238. The van der Waals surface area contributed by atoms with Gasteiger partial charge in [0.05, 0.1) is 22.7 Å². The lowest BCUT2D eigenvalue weighted by Crippen LogP contribution is -2.13. The number of nitrogens with zero attached hydrogens (tertiary/aromatic N) is 1. The number of carbonyl (C=O) groups is 1. The van der Waals surface area contributed by atoms with Gasteiger partial charge in [-0.25, -0.2) is 18.0 Å². The number of furan rings is 1. The van der Waals surface area contributed by atoms with Crippen LogP contribution in [0.2, 0.25) is 0 Å². The molecule has 0 unspecified atom stereocenters. The average molecular weight is 444 g/mol. The zero-order chi connectivity index (χ0) is 22.3. The van der Waals surface area contributed by atoms with Gasteiger partial charge < -0.3 is 13.6 Å². The molecule has 0 saturated carbocycles. The number of carbonyl (C=O) groups excluding carboxylic acids is 1. The number of sulfonamides is 1. The molecule has 0 aliphatic rings. The molecule has 1 N–H and O–H groups in total. The second kappa shape index (κ2) is 7.62. The van der Waals surface area contributed by atoms with Gasteiger partial charge in [-0.15, -0.1) is 0 Å². The van der Waals surface area contributed by atoms with Crippen LogP contribution >= 0.6 is 0 Å². The first-order chi connectivity index (χ1) is 14.7. The number of nitrogens with one attached hydrogen (secondary N) is 1. The Morgan fingerprint density at radius 1 is 1.10 bits per heavy atom. The van der Waals surface area contributed by atoms with Crippen molar-refractivity contribution >= 4 is 43.7 Å². The van der Waals surface area contributed by atoms with Gasteiger partial charge in [-0.05, 0) is 51.1 Å². The van der Waals surface area contributed by atoms with Crippen LogP contribution in [-0.2, 0) is 21.3 Å². The van der Waals surface area contributed by atoms with Crippen LogP contribution in [0.25, 0.3) is 22.1 Å². The molecule has 0 aliphatic carbocycles. The lowest BCUT2D eigenvalue weighted by atomic mass is 10.1. The molecule has 2 aromatic carbocycles. The van der Waals surface area contributed by atoms with E-state index in [1.54, 1.807) is 26.0 Å². The summed E-state index contributed by atoms with van der Waals surface area (Å²) in [5, 5.41) is 0.493. The number of ether oxygens (including phenoxy) is 1. The van der Waals surface area contributed by atoms with Crippen LogP contribution in [-0.4, -0.2) is 25.6 Å². The van der Waals surface area contributed by atoms with Gasteiger partial charge in [0.25, 0.3) is 10.0 Å². The monoisotopic (exact) mass is 444 g/mol. The molecule has 0 amide bonds. The predicted molar refractivity (Wildman–Crippen MR) is 114 cm³/mol. The molecule has 4 aromatic rings. The van der Waals surface area contributed by atoms with Gasteiger partial charge in [0, 0.05) is 23.6 Å². The molecule has 0 bridgehead atoms. The fourth-order valence-electron chi connectivity index (χ4n) is 3.40. The van der Waals surface area contributed by atoms with E-state index < -0.39 is 21.7 Å². The molecule has 0 radical (unpaired) electrons. The predicted octanol–water partition coefficient (Wildman–Crippen LogP) is 3.65. The van der Waals surface area contributed by atoms with E-state index >= 15 is 0 Å². The molecule has 162 valence electrons. The molecule has 0 saturated heterocycles. The highest BCUT2D eigenvalue weighted by atomic mass is 32.2. The number of esters is 1. The van der Waals surface area contributed by atoms with Crippen molar-refractivity contribution in [3.05, 3.63) is 58.3 Å². The molecule has 0 aliphatic heterocycles. The van der Waals surface area contributed by atoms with Crippen molar-refractivity contribution in [2.45, 2.75) is 32.2 Å². The summed E-state index contributed by atoms with van der Waals surface area (Å²) in [7, 11) is -3.95. The third kappa shape index (κ3) is 3.59. The highest BCUT2D eigenvalue weighted by Crippen LogP contribution is 2.29. The zero-order valence-electron chi connectivity index (χ0n) is 17.1. The van der Waals surface area contributed by atoms with Crippen molar-refractivity contribution in [1.29, 1.82) is 0 Å². The third-order valence-corrected chi connectivity index (χ3v) is 6.29. The maximum atomic E-state index is 12.9. The first-order valence-electron chi connectivity index (χ1n) is 9.61. The molecule has 31 heavy (non-hydrogen) atoms. The van der Waals surface area contributed by atoms with E-state index in [9.17, 15) is 18.0 Å². The molecule has 0 fully saturated rings. The first-order valence-corrected chi connectivity index (χ1v) is 11.1. The minimum Gasteiger partial charge on any atom is -0.460 e. The second-order valence-electron chi connectivity index (χ2n) is 6.83. The van der Waals surface area contributed by atoms with Crippen LogP contribution in [0, 0.1) is 6.92 Å². The molecule has 0 spiro atoms. The van der Waals surface area contributed by atoms with E-state index in [0.717, 1.165) is 0 Å². The summed E-state index contributed by atoms with van der Waals surface area (Å²) in [5.41, 5.74) is 1.99. The molecular formula is C21H20N2O7S. The summed E-state index contributed by atoms with van der Waals surface area (Å²) in [4.78, 5) is 23.9.